The number of aliphatic hydroxyl groups is 1. The van der Waals surface area contributed by atoms with Crippen molar-refractivity contribution < 1.29 is 19.4 Å². The Bertz CT molecular complexity index is 667. The topological polar surface area (TPSA) is 63.6 Å². The normalized spacial score (nSPS) is 47.6. The van der Waals surface area contributed by atoms with E-state index in [1.165, 1.54) is 5.57 Å². The van der Waals surface area contributed by atoms with Gasteiger partial charge in [-0.3, -0.25) is 9.59 Å². The van der Waals surface area contributed by atoms with Crippen LogP contribution in [0.3, 0.4) is 0 Å². The summed E-state index contributed by atoms with van der Waals surface area (Å²) in [6.45, 7) is 4.18. The van der Waals surface area contributed by atoms with E-state index in [-0.39, 0.29) is 16.6 Å². The van der Waals surface area contributed by atoms with Gasteiger partial charge in [0.2, 0.25) is 0 Å². The summed E-state index contributed by atoms with van der Waals surface area (Å²) in [5.74, 6) is 1.81. The quantitative estimate of drug-likeness (QED) is 0.837. The maximum atomic E-state index is 12.7. The lowest BCUT2D eigenvalue weighted by atomic mass is 9.46. The Kier molecular flexibility index (Phi) is 4.24. The summed E-state index contributed by atoms with van der Waals surface area (Å²) in [5.41, 5.74) is 0.514. The Morgan fingerprint density at radius 1 is 1.15 bits per heavy atom. The first-order valence-corrected chi connectivity index (χ1v) is 10.3. The molecule has 0 aromatic heterocycles. The SMILES string of the molecule is CO[C@]1(C(=O)CO)CC[C@H]2[C@@H]3CCC4=CC(=O)CC[C@]4(C)C3CC[C@@]21C. The fourth-order valence-electron chi connectivity index (χ4n) is 7.59. The second-order valence-corrected chi connectivity index (χ2v) is 9.58. The molecule has 4 rings (SSSR count). The Balaban J connectivity index is 1.69. The smallest absolute Gasteiger partial charge is 0.190 e. The van der Waals surface area contributed by atoms with Crippen LogP contribution in [0.4, 0.5) is 0 Å². The van der Waals surface area contributed by atoms with Gasteiger partial charge in [0.1, 0.15) is 12.2 Å². The zero-order chi connectivity index (χ0) is 18.7. The van der Waals surface area contributed by atoms with Crippen molar-refractivity contribution in [2.24, 2.45) is 28.6 Å². The fourth-order valence-corrected chi connectivity index (χ4v) is 7.59. The first-order valence-electron chi connectivity index (χ1n) is 10.3. The molecule has 1 unspecified atom stereocenters. The number of allylic oxidation sites excluding steroid dienone is 1. The highest BCUT2D eigenvalue weighted by Gasteiger charge is 2.66. The zero-order valence-electron chi connectivity index (χ0n) is 16.3. The third-order valence-electron chi connectivity index (χ3n) is 9.02. The molecular formula is C22H32O4. The highest BCUT2D eigenvalue weighted by Crippen LogP contribution is 2.68. The number of methoxy groups -OCH3 is 1. The highest BCUT2D eigenvalue weighted by molar-refractivity contribution is 5.91. The van der Waals surface area contributed by atoms with Crippen LogP contribution in [0.2, 0.25) is 0 Å². The van der Waals surface area contributed by atoms with Gasteiger partial charge in [-0.2, -0.15) is 0 Å². The number of fused-ring (bicyclic) bond motifs is 5. The molecule has 0 saturated heterocycles. The predicted molar refractivity (Wildman–Crippen MR) is 98.5 cm³/mol. The van der Waals surface area contributed by atoms with E-state index >= 15 is 0 Å². The highest BCUT2D eigenvalue weighted by atomic mass is 16.5. The van der Waals surface area contributed by atoms with Crippen LogP contribution in [0, 0.1) is 28.6 Å². The molecule has 3 fully saturated rings. The van der Waals surface area contributed by atoms with Crippen molar-refractivity contribution in [3.63, 3.8) is 0 Å². The van der Waals surface area contributed by atoms with Gasteiger partial charge >= 0.3 is 0 Å². The monoisotopic (exact) mass is 360 g/mol. The van der Waals surface area contributed by atoms with Crippen molar-refractivity contribution in [2.75, 3.05) is 13.7 Å². The molecule has 4 aliphatic rings. The van der Waals surface area contributed by atoms with Crippen molar-refractivity contribution in [3.05, 3.63) is 11.6 Å². The number of carbonyl (C=O) groups is 2. The first kappa shape index (κ1) is 18.4. The van der Waals surface area contributed by atoms with Gasteiger partial charge in [-0.25, -0.2) is 0 Å². The largest absolute Gasteiger partial charge is 0.388 e. The molecule has 144 valence electrons. The van der Waals surface area contributed by atoms with Crippen LogP contribution in [-0.4, -0.2) is 36.0 Å². The number of ether oxygens (including phenoxy) is 1. The summed E-state index contributed by atoms with van der Waals surface area (Å²) in [6.07, 6.45) is 9.52. The van der Waals surface area contributed by atoms with E-state index < -0.39 is 12.2 Å². The van der Waals surface area contributed by atoms with E-state index in [4.69, 9.17) is 4.74 Å². The molecule has 0 bridgehead atoms. The van der Waals surface area contributed by atoms with E-state index in [0.29, 0.717) is 30.0 Å². The number of hydrogen-bond donors (Lipinski definition) is 1. The molecule has 0 radical (unpaired) electrons. The van der Waals surface area contributed by atoms with Crippen LogP contribution in [-0.2, 0) is 14.3 Å². The van der Waals surface area contributed by atoms with Gasteiger partial charge in [0.05, 0.1) is 0 Å². The number of ketones is 2. The molecular weight excluding hydrogens is 328 g/mol. The van der Waals surface area contributed by atoms with Gasteiger partial charge in [-0.1, -0.05) is 19.4 Å². The van der Waals surface area contributed by atoms with E-state index in [1.807, 2.05) is 6.08 Å². The molecule has 4 aliphatic carbocycles. The van der Waals surface area contributed by atoms with Gasteiger partial charge in [0, 0.05) is 18.9 Å². The molecule has 0 heterocycles. The van der Waals surface area contributed by atoms with Crippen LogP contribution in [0.5, 0.6) is 0 Å². The molecule has 0 aromatic rings. The summed E-state index contributed by atoms with van der Waals surface area (Å²) in [5, 5.41) is 9.58. The maximum Gasteiger partial charge on any atom is 0.190 e. The minimum absolute atomic E-state index is 0.144. The van der Waals surface area contributed by atoms with Crippen molar-refractivity contribution in [3.8, 4) is 0 Å². The van der Waals surface area contributed by atoms with Gasteiger partial charge in [-0.15, -0.1) is 0 Å². The molecule has 4 heteroatoms. The summed E-state index contributed by atoms with van der Waals surface area (Å²) in [7, 11) is 1.64. The molecule has 0 amide bonds. The molecule has 0 aromatic carbocycles. The van der Waals surface area contributed by atoms with Crippen molar-refractivity contribution >= 4 is 11.6 Å². The van der Waals surface area contributed by atoms with Crippen LogP contribution >= 0.6 is 0 Å². The summed E-state index contributed by atoms with van der Waals surface area (Å²) in [6, 6.07) is 0. The molecule has 1 N–H and O–H groups in total. The van der Waals surface area contributed by atoms with E-state index in [1.54, 1.807) is 7.11 Å². The molecule has 26 heavy (non-hydrogen) atoms. The number of aliphatic hydroxyl groups excluding tert-OH is 1. The Hall–Kier alpha value is -1.00. The Labute approximate surface area is 156 Å². The number of rotatable bonds is 3. The molecule has 0 aliphatic heterocycles. The first-order chi connectivity index (χ1) is 12.3. The average Bonchev–Trinajstić information content (AvgIpc) is 2.95. The maximum absolute atomic E-state index is 12.7. The Morgan fingerprint density at radius 3 is 2.58 bits per heavy atom. The van der Waals surface area contributed by atoms with Crippen LogP contribution in [0.1, 0.15) is 65.2 Å². The molecule has 4 nitrogen and oxygen atoms in total. The lowest BCUT2D eigenvalue weighted by Gasteiger charge is -2.59. The fraction of sp³-hybridized carbons (Fsp3) is 0.818. The third-order valence-corrected chi connectivity index (χ3v) is 9.02. The minimum atomic E-state index is -0.822. The standard InChI is InChI=1S/C22H32O4/c1-20-9-6-15(24)12-14(20)4-5-16-17(20)7-10-21(2)18(16)8-11-22(21,26-3)19(25)13-23/h12,16-18,23H,4-11,13H2,1-3H3/t16-,17?,18+,20+,21+,22+/m1/s1. The molecule has 6 atom stereocenters. The number of carbonyl (C=O) groups excluding carboxylic acids is 2. The molecule has 3 saturated carbocycles. The average molecular weight is 360 g/mol. The summed E-state index contributed by atoms with van der Waals surface area (Å²) < 4.78 is 5.88. The van der Waals surface area contributed by atoms with E-state index in [9.17, 15) is 14.7 Å². The summed E-state index contributed by atoms with van der Waals surface area (Å²) >= 11 is 0. The minimum Gasteiger partial charge on any atom is -0.388 e. The Morgan fingerprint density at radius 2 is 1.88 bits per heavy atom. The van der Waals surface area contributed by atoms with Gasteiger partial charge in [0.25, 0.3) is 0 Å². The second kappa shape index (κ2) is 6.00. The van der Waals surface area contributed by atoms with Gasteiger partial charge in [-0.05, 0) is 74.2 Å². The van der Waals surface area contributed by atoms with Crippen molar-refractivity contribution in [1.82, 2.24) is 0 Å². The van der Waals surface area contributed by atoms with Crippen LogP contribution < -0.4 is 0 Å². The second-order valence-electron chi connectivity index (χ2n) is 9.58. The lowest BCUT2D eigenvalue weighted by molar-refractivity contribution is -0.172. The zero-order valence-corrected chi connectivity index (χ0v) is 16.3. The molecule has 0 spiro atoms. The van der Waals surface area contributed by atoms with Crippen LogP contribution in [0.25, 0.3) is 0 Å². The summed E-state index contributed by atoms with van der Waals surface area (Å²) in [4.78, 5) is 24.6. The van der Waals surface area contributed by atoms with Crippen molar-refractivity contribution in [1.29, 1.82) is 0 Å². The van der Waals surface area contributed by atoms with Crippen LogP contribution in [0.15, 0.2) is 11.6 Å². The number of Topliss-reactive ketones (excluding diaryl/α,β-unsaturated/α-hetero) is 1. The predicted octanol–water partition coefficient (Wildman–Crippen LogP) is 3.46. The third kappa shape index (κ3) is 2.15. The lowest BCUT2D eigenvalue weighted by Crippen LogP contribution is -2.58. The number of hydrogen-bond acceptors (Lipinski definition) is 4. The van der Waals surface area contributed by atoms with Gasteiger partial charge in [0.15, 0.2) is 11.6 Å². The van der Waals surface area contributed by atoms with Crippen molar-refractivity contribution in [2.45, 2.75) is 70.8 Å². The van der Waals surface area contributed by atoms with E-state index in [2.05, 4.69) is 13.8 Å². The van der Waals surface area contributed by atoms with E-state index in [0.717, 1.165) is 44.9 Å². The van der Waals surface area contributed by atoms with Gasteiger partial charge < -0.3 is 9.84 Å².